The molecule has 0 bridgehead atoms. The standard InChI is InChI=1S/C19H37N3/c1-15(2)17-5-9-21(10-6-17)19-13-22(14-19)18-7-11-20(12-8-18)16(3)4/h15-19H,5-14H2,1-4H3. The summed E-state index contributed by atoms with van der Waals surface area (Å²) >= 11 is 0. The first kappa shape index (κ1) is 16.7. The molecule has 3 aliphatic heterocycles. The first-order valence-corrected chi connectivity index (χ1v) is 9.76. The van der Waals surface area contributed by atoms with E-state index in [4.69, 9.17) is 0 Å². The van der Waals surface area contributed by atoms with E-state index in [9.17, 15) is 0 Å². The smallest absolute Gasteiger partial charge is 0.0350 e. The average molecular weight is 308 g/mol. The van der Waals surface area contributed by atoms with E-state index < -0.39 is 0 Å². The van der Waals surface area contributed by atoms with Crippen molar-refractivity contribution in [3.63, 3.8) is 0 Å². The van der Waals surface area contributed by atoms with Crippen LogP contribution in [0.4, 0.5) is 0 Å². The molecule has 0 aromatic heterocycles. The van der Waals surface area contributed by atoms with Gasteiger partial charge in [-0.05, 0) is 77.5 Å². The van der Waals surface area contributed by atoms with Gasteiger partial charge in [-0.3, -0.25) is 9.80 Å². The fraction of sp³-hybridized carbons (Fsp3) is 1.00. The molecule has 3 fully saturated rings. The van der Waals surface area contributed by atoms with Crippen molar-refractivity contribution in [3.8, 4) is 0 Å². The normalized spacial score (nSPS) is 28.6. The van der Waals surface area contributed by atoms with Gasteiger partial charge < -0.3 is 4.90 Å². The van der Waals surface area contributed by atoms with Gasteiger partial charge in [-0.15, -0.1) is 0 Å². The second kappa shape index (κ2) is 7.19. The molecular formula is C19H37N3. The Hall–Kier alpha value is -0.120. The summed E-state index contributed by atoms with van der Waals surface area (Å²) in [5.41, 5.74) is 0. The van der Waals surface area contributed by atoms with Crippen LogP contribution in [0.1, 0.15) is 53.4 Å². The van der Waals surface area contributed by atoms with Gasteiger partial charge >= 0.3 is 0 Å². The first-order chi connectivity index (χ1) is 10.5. The zero-order chi connectivity index (χ0) is 15.7. The first-order valence-electron chi connectivity index (χ1n) is 9.76. The quantitative estimate of drug-likeness (QED) is 0.791. The van der Waals surface area contributed by atoms with Gasteiger partial charge in [0.05, 0.1) is 0 Å². The number of hydrogen-bond acceptors (Lipinski definition) is 3. The summed E-state index contributed by atoms with van der Waals surface area (Å²) in [6, 6.07) is 2.48. The summed E-state index contributed by atoms with van der Waals surface area (Å²) in [6.45, 7) is 17.5. The average Bonchev–Trinajstić information content (AvgIpc) is 2.47. The molecule has 0 N–H and O–H groups in total. The molecule has 0 aromatic carbocycles. The zero-order valence-corrected chi connectivity index (χ0v) is 15.3. The molecule has 0 aromatic rings. The third-order valence-corrected chi connectivity index (χ3v) is 6.67. The topological polar surface area (TPSA) is 9.72 Å². The lowest BCUT2D eigenvalue weighted by Gasteiger charge is -2.52. The van der Waals surface area contributed by atoms with Crippen molar-refractivity contribution in [1.29, 1.82) is 0 Å². The lowest BCUT2D eigenvalue weighted by atomic mass is 9.85. The second-order valence-electron chi connectivity index (χ2n) is 8.59. The van der Waals surface area contributed by atoms with Crippen LogP contribution in [0.5, 0.6) is 0 Å². The molecule has 0 aliphatic carbocycles. The maximum atomic E-state index is 2.79. The van der Waals surface area contributed by atoms with Crippen LogP contribution >= 0.6 is 0 Å². The molecule has 0 saturated carbocycles. The fourth-order valence-corrected chi connectivity index (χ4v) is 4.74. The molecule has 0 spiro atoms. The Morgan fingerprint density at radius 1 is 0.682 bits per heavy atom. The molecule has 0 unspecified atom stereocenters. The second-order valence-corrected chi connectivity index (χ2v) is 8.59. The Morgan fingerprint density at radius 2 is 1.27 bits per heavy atom. The Morgan fingerprint density at radius 3 is 1.77 bits per heavy atom. The van der Waals surface area contributed by atoms with Crippen LogP contribution in [-0.2, 0) is 0 Å². The molecule has 3 saturated heterocycles. The van der Waals surface area contributed by atoms with E-state index in [-0.39, 0.29) is 0 Å². The minimum atomic E-state index is 0.729. The summed E-state index contributed by atoms with van der Waals surface area (Å²) in [5, 5.41) is 0. The van der Waals surface area contributed by atoms with Gasteiger partial charge in [-0.1, -0.05) is 13.8 Å². The molecule has 0 radical (unpaired) electrons. The van der Waals surface area contributed by atoms with E-state index in [1.165, 1.54) is 65.0 Å². The minimum Gasteiger partial charge on any atom is -0.301 e. The SMILES string of the molecule is CC(C)C1CCN(C2CN(C3CCN(C(C)C)CC3)C2)CC1. The van der Waals surface area contributed by atoms with Crippen LogP contribution in [0, 0.1) is 11.8 Å². The van der Waals surface area contributed by atoms with Crippen LogP contribution in [0.25, 0.3) is 0 Å². The Bertz CT molecular complexity index is 301. The summed E-state index contributed by atoms with van der Waals surface area (Å²) in [7, 11) is 0. The Balaban J connectivity index is 1.36. The van der Waals surface area contributed by atoms with Gasteiger partial charge in [0.15, 0.2) is 0 Å². The van der Waals surface area contributed by atoms with E-state index in [1.807, 2.05) is 0 Å². The maximum absolute atomic E-state index is 2.79. The maximum Gasteiger partial charge on any atom is 0.0350 e. The van der Waals surface area contributed by atoms with Crippen LogP contribution in [0.15, 0.2) is 0 Å². The van der Waals surface area contributed by atoms with Crippen LogP contribution < -0.4 is 0 Å². The number of piperidine rings is 2. The Kier molecular flexibility index (Phi) is 5.47. The monoisotopic (exact) mass is 307 g/mol. The molecular weight excluding hydrogens is 270 g/mol. The van der Waals surface area contributed by atoms with Crippen molar-refractivity contribution in [2.24, 2.45) is 11.8 Å². The van der Waals surface area contributed by atoms with E-state index in [1.54, 1.807) is 0 Å². The van der Waals surface area contributed by atoms with Crippen LogP contribution in [0.3, 0.4) is 0 Å². The summed E-state index contributed by atoms with van der Waals surface area (Å²) in [5.74, 6) is 1.86. The lowest BCUT2D eigenvalue weighted by molar-refractivity contribution is -0.0298. The van der Waals surface area contributed by atoms with Gasteiger partial charge in [0.1, 0.15) is 0 Å². The zero-order valence-electron chi connectivity index (χ0n) is 15.3. The van der Waals surface area contributed by atoms with Crippen molar-refractivity contribution in [3.05, 3.63) is 0 Å². The summed E-state index contributed by atoms with van der Waals surface area (Å²) in [6.07, 6.45) is 5.64. The highest BCUT2D eigenvalue weighted by molar-refractivity contribution is 4.95. The summed E-state index contributed by atoms with van der Waals surface area (Å²) in [4.78, 5) is 8.21. The van der Waals surface area contributed by atoms with Gasteiger partial charge in [-0.2, -0.15) is 0 Å². The number of nitrogens with zero attached hydrogens (tertiary/aromatic N) is 3. The molecule has 3 nitrogen and oxygen atoms in total. The van der Waals surface area contributed by atoms with Crippen LogP contribution in [-0.4, -0.2) is 72.1 Å². The van der Waals surface area contributed by atoms with Gasteiger partial charge in [0.25, 0.3) is 0 Å². The van der Waals surface area contributed by atoms with Gasteiger partial charge in [-0.25, -0.2) is 0 Å². The minimum absolute atomic E-state index is 0.729. The number of likely N-dealkylation sites (tertiary alicyclic amines) is 3. The molecule has 0 atom stereocenters. The van der Waals surface area contributed by atoms with Gasteiger partial charge in [0.2, 0.25) is 0 Å². The van der Waals surface area contributed by atoms with Crippen molar-refractivity contribution < 1.29 is 0 Å². The molecule has 3 heterocycles. The highest BCUT2D eigenvalue weighted by Gasteiger charge is 2.38. The molecule has 3 heteroatoms. The van der Waals surface area contributed by atoms with E-state index in [0.717, 1.165) is 30.0 Å². The largest absolute Gasteiger partial charge is 0.301 e. The van der Waals surface area contributed by atoms with Gasteiger partial charge in [0, 0.05) is 31.2 Å². The highest BCUT2D eigenvalue weighted by atomic mass is 15.3. The third-order valence-electron chi connectivity index (χ3n) is 6.67. The predicted octanol–water partition coefficient (Wildman–Crippen LogP) is 2.91. The predicted molar refractivity (Wildman–Crippen MR) is 94.2 cm³/mol. The highest BCUT2D eigenvalue weighted by Crippen LogP contribution is 2.30. The third kappa shape index (κ3) is 3.68. The van der Waals surface area contributed by atoms with Crippen LogP contribution in [0.2, 0.25) is 0 Å². The molecule has 3 rings (SSSR count). The van der Waals surface area contributed by atoms with E-state index >= 15 is 0 Å². The van der Waals surface area contributed by atoms with Crippen molar-refractivity contribution in [2.45, 2.75) is 71.5 Å². The molecule has 128 valence electrons. The number of rotatable bonds is 4. The molecule has 22 heavy (non-hydrogen) atoms. The molecule has 3 aliphatic rings. The van der Waals surface area contributed by atoms with E-state index in [2.05, 4.69) is 42.4 Å². The Labute approximate surface area is 138 Å². The number of hydrogen-bond donors (Lipinski definition) is 0. The van der Waals surface area contributed by atoms with E-state index in [0.29, 0.717) is 0 Å². The van der Waals surface area contributed by atoms with Crippen molar-refractivity contribution in [1.82, 2.24) is 14.7 Å². The van der Waals surface area contributed by atoms with Crippen molar-refractivity contribution in [2.75, 3.05) is 39.3 Å². The fourth-order valence-electron chi connectivity index (χ4n) is 4.74. The van der Waals surface area contributed by atoms with Crippen molar-refractivity contribution >= 4 is 0 Å². The summed E-state index contributed by atoms with van der Waals surface area (Å²) < 4.78 is 0. The molecule has 0 amide bonds. The lowest BCUT2D eigenvalue weighted by Crippen LogP contribution is -2.64.